The molecule has 0 N–H and O–H groups in total. The molecule has 0 spiro atoms. The Labute approximate surface area is 167 Å². The van der Waals surface area contributed by atoms with Crippen LogP contribution in [0.25, 0.3) is 21.8 Å². The minimum atomic E-state index is -0.562. The van der Waals surface area contributed by atoms with E-state index in [0.717, 1.165) is 28.2 Å². The van der Waals surface area contributed by atoms with Crippen molar-refractivity contribution in [3.63, 3.8) is 0 Å². The van der Waals surface area contributed by atoms with Crippen molar-refractivity contribution < 1.29 is 9.53 Å². The third kappa shape index (κ3) is 3.18. The van der Waals surface area contributed by atoms with Gasteiger partial charge in [0.05, 0.1) is 12.3 Å². The number of rotatable bonds is 4. The second-order valence-electron chi connectivity index (χ2n) is 7.29. The average molecular weight is 394 g/mol. The molecule has 0 fully saturated rings. The molecule has 0 saturated carbocycles. The molecule has 1 atom stereocenters. The van der Waals surface area contributed by atoms with Gasteiger partial charge >= 0.3 is 5.97 Å². The van der Waals surface area contributed by atoms with Crippen molar-refractivity contribution in [2.24, 2.45) is 5.92 Å². The van der Waals surface area contributed by atoms with Crippen LogP contribution in [0.5, 0.6) is 0 Å². The first kappa shape index (κ1) is 18.6. The van der Waals surface area contributed by atoms with Gasteiger partial charge in [-0.3, -0.25) is 4.79 Å². The lowest BCUT2D eigenvalue weighted by molar-refractivity contribution is 0.0523. The minimum Gasteiger partial charge on any atom is -0.462 e. The number of nitrogens with zero attached hydrogens (tertiary/aromatic N) is 2. The number of benzene rings is 1. The Morgan fingerprint density at radius 1 is 1.36 bits per heavy atom. The molecule has 28 heavy (non-hydrogen) atoms. The number of carbonyl (C=O) groups is 1. The van der Waals surface area contributed by atoms with Crippen molar-refractivity contribution in [1.29, 1.82) is 0 Å². The summed E-state index contributed by atoms with van der Waals surface area (Å²) in [5.74, 6) is -0.212. The van der Waals surface area contributed by atoms with Crippen molar-refractivity contribution in [3.8, 4) is 21.8 Å². The highest BCUT2D eigenvalue weighted by molar-refractivity contribution is 7.13. The molecule has 3 aromatic rings. The number of fused-ring (bicyclic) bond motifs is 3. The van der Waals surface area contributed by atoms with E-state index < -0.39 is 5.97 Å². The zero-order valence-corrected chi connectivity index (χ0v) is 17.0. The van der Waals surface area contributed by atoms with Crippen molar-refractivity contribution in [2.75, 3.05) is 6.61 Å². The van der Waals surface area contributed by atoms with Gasteiger partial charge in [-0.15, -0.1) is 11.3 Å². The summed E-state index contributed by atoms with van der Waals surface area (Å²) in [7, 11) is 0. The maximum Gasteiger partial charge on any atom is 0.343 e. The van der Waals surface area contributed by atoms with Crippen LogP contribution in [0.15, 0.2) is 46.8 Å². The van der Waals surface area contributed by atoms with Crippen molar-refractivity contribution in [2.45, 2.75) is 33.2 Å². The fourth-order valence-electron chi connectivity index (χ4n) is 3.77. The normalized spacial score (nSPS) is 15.2. The van der Waals surface area contributed by atoms with Gasteiger partial charge in [0.25, 0.3) is 0 Å². The first-order chi connectivity index (χ1) is 13.5. The molecule has 1 aliphatic rings. The van der Waals surface area contributed by atoms with Crippen LogP contribution >= 0.6 is 11.3 Å². The highest BCUT2D eigenvalue weighted by Crippen LogP contribution is 2.39. The highest BCUT2D eigenvalue weighted by Gasteiger charge is 2.28. The molecule has 6 heteroatoms. The summed E-state index contributed by atoms with van der Waals surface area (Å²) in [6, 6.07) is 8.07. The van der Waals surface area contributed by atoms with E-state index in [1.165, 1.54) is 5.56 Å². The third-order valence-electron chi connectivity index (χ3n) is 5.20. The molecule has 2 aromatic heterocycles. The molecule has 0 aliphatic carbocycles. The van der Waals surface area contributed by atoms with Crippen LogP contribution in [0, 0.1) is 5.92 Å². The molecule has 0 radical (unpaired) electrons. The molecule has 144 valence electrons. The molecule has 0 amide bonds. The zero-order chi connectivity index (χ0) is 19.8. The number of hydrogen-bond donors (Lipinski definition) is 0. The first-order valence-electron chi connectivity index (χ1n) is 9.46. The van der Waals surface area contributed by atoms with E-state index in [-0.39, 0.29) is 23.6 Å². The van der Waals surface area contributed by atoms with Crippen LogP contribution in [0.2, 0.25) is 0 Å². The van der Waals surface area contributed by atoms with Gasteiger partial charge in [-0.25, -0.2) is 9.78 Å². The zero-order valence-electron chi connectivity index (χ0n) is 16.1. The fraction of sp³-hybridized carbons (Fsp3) is 0.318. The van der Waals surface area contributed by atoms with E-state index in [9.17, 15) is 9.59 Å². The van der Waals surface area contributed by atoms with Gasteiger partial charge in [0, 0.05) is 41.0 Å². The number of carbonyl (C=O) groups excluding carboxylic acids is 1. The van der Waals surface area contributed by atoms with Crippen LogP contribution in [-0.4, -0.2) is 22.1 Å². The van der Waals surface area contributed by atoms with Crippen LogP contribution in [0.3, 0.4) is 0 Å². The summed E-state index contributed by atoms with van der Waals surface area (Å²) in [5, 5.41) is 2.90. The second kappa shape index (κ2) is 7.36. The Hall–Kier alpha value is -2.73. The molecule has 4 rings (SSSR count). The molecule has 3 heterocycles. The summed E-state index contributed by atoms with van der Waals surface area (Å²) >= 11 is 1.59. The summed E-state index contributed by atoms with van der Waals surface area (Å²) in [4.78, 5) is 29.3. The standard InChI is InChI=1S/C22H22N2O3S/c1-4-27-22(26)17-12-24-18(13(2)3)10-14-5-6-15(21-23-7-8-28-21)9-16(14)19(24)11-20(17)25/h5-9,11-13,18H,4,10H2,1-3H3. The highest BCUT2D eigenvalue weighted by atomic mass is 32.1. The molecule has 0 saturated heterocycles. The van der Waals surface area contributed by atoms with E-state index >= 15 is 0 Å². The maximum atomic E-state index is 12.7. The molecule has 1 aliphatic heterocycles. The van der Waals surface area contributed by atoms with Crippen molar-refractivity contribution in [3.05, 3.63) is 63.4 Å². The monoisotopic (exact) mass is 394 g/mol. The van der Waals surface area contributed by atoms with Crippen molar-refractivity contribution in [1.82, 2.24) is 9.55 Å². The molecular weight excluding hydrogens is 372 g/mol. The molecule has 1 unspecified atom stereocenters. The van der Waals surface area contributed by atoms with Gasteiger partial charge in [-0.05, 0) is 30.9 Å². The second-order valence-corrected chi connectivity index (χ2v) is 8.18. The van der Waals surface area contributed by atoms with E-state index in [4.69, 9.17) is 4.74 Å². The van der Waals surface area contributed by atoms with Gasteiger partial charge in [0.1, 0.15) is 10.6 Å². The molecular formula is C22H22N2O3S. The largest absolute Gasteiger partial charge is 0.462 e. The lowest BCUT2D eigenvalue weighted by Gasteiger charge is -2.33. The number of ether oxygens (including phenoxy) is 1. The van der Waals surface area contributed by atoms with Gasteiger partial charge in [-0.1, -0.05) is 26.0 Å². The Kier molecular flexibility index (Phi) is 4.89. The lowest BCUT2D eigenvalue weighted by atomic mass is 9.86. The van der Waals surface area contributed by atoms with Gasteiger partial charge in [-0.2, -0.15) is 0 Å². The lowest BCUT2D eigenvalue weighted by Crippen LogP contribution is -2.28. The van der Waals surface area contributed by atoms with Gasteiger partial charge in [0.2, 0.25) is 0 Å². The van der Waals surface area contributed by atoms with Crippen LogP contribution in [0.1, 0.15) is 42.7 Å². The predicted octanol–water partition coefficient (Wildman–Crippen LogP) is 4.57. The van der Waals surface area contributed by atoms with E-state index in [0.29, 0.717) is 5.92 Å². The summed E-state index contributed by atoms with van der Waals surface area (Å²) < 4.78 is 7.15. The summed E-state index contributed by atoms with van der Waals surface area (Å²) in [6.45, 7) is 6.30. The van der Waals surface area contributed by atoms with Gasteiger partial charge in [0.15, 0.2) is 5.43 Å². The number of thiazole rings is 1. The number of pyridine rings is 1. The Morgan fingerprint density at radius 2 is 2.18 bits per heavy atom. The molecule has 5 nitrogen and oxygen atoms in total. The van der Waals surface area contributed by atoms with Gasteiger partial charge < -0.3 is 9.30 Å². The van der Waals surface area contributed by atoms with E-state index in [2.05, 4.69) is 41.6 Å². The Balaban J connectivity index is 1.90. The molecule has 1 aromatic carbocycles. The Morgan fingerprint density at radius 3 is 2.86 bits per heavy atom. The topological polar surface area (TPSA) is 61.2 Å². The van der Waals surface area contributed by atoms with E-state index in [1.807, 2.05) is 5.38 Å². The van der Waals surface area contributed by atoms with Crippen LogP contribution in [0.4, 0.5) is 0 Å². The average Bonchev–Trinajstić information content (AvgIpc) is 3.21. The smallest absolute Gasteiger partial charge is 0.343 e. The van der Waals surface area contributed by atoms with E-state index in [1.54, 1.807) is 36.7 Å². The summed E-state index contributed by atoms with van der Waals surface area (Å²) in [5.41, 5.74) is 3.90. The number of aromatic nitrogens is 2. The number of esters is 1. The molecule has 0 bridgehead atoms. The third-order valence-corrected chi connectivity index (χ3v) is 6.02. The predicted molar refractivity (Wildman–Crippen MR) is 111 cm³/mol. The first-order valence-corrected chi connectivity index (χ1v) is 10.3. The quantitative estimate of drug-likeness (QED) is 0.608. The number of hydrogen-bond acceptors (Lipinski definition) is 5. The Bertz CT molecular complexity index is 1080. The maximum absolute atomic E-state index is 12.7. The van der Waals surface area contributed by atoms with Crippen LogP contribution in [-0.2, 0) is 11.2 Å². The minimum absolute atomic E-state index is 0.0933. The van der Waals surface area contributed by atoms with Crippen molar-refractivity contribution >= 4 is 17.3 Å². The summed E-state index contributed by atoms with van der Waals surface area (Å²) in [6.07, 6.45) is 4.32. The van der Waals surface area contributed by atoms with Crippen LogP contribution < -0.4 is 5.43 Å². The fourth-order valence-corrected chi connectivity index (χ4v) is 4.41. The SMILES string of the molecule is CCOC(=O)c1cn2c(cc1=O)-c1cc(-c3nccs3)ccc1CC2C(C)C.